The van der Waals surface area contributed by atoms with Gasteiger partial charge in [-0.05, 0) is 56.3 Å². The van der Waals surface area contributed by atoms with Gasteiger partial charge < -0.3 is 10.2 Å². The Morgan fingerprint density at radius 2 is 1.62 bits per heavy atom. The third-order valence-corrected chi connectivity index (χ3v) is 5.73. The van der Waals surface area contributed by atoms with Gasteiger partial charge in [-0.15, -0.1) is 0 Å². The molecule has 1 heterocycles. The summed E-state index contributed by atoms with van der Waals surface area (Å²) in [5, 5.41) is 3.99. The van der Waals surface area contributed by atoms with Gasteiger partial charge in [0.25, 0.3) is 0 Å². The van der Waals surface area contributed by atoms with Gasteiger partial charge in [-0.1, -0.05) is 86.8 Å². The minimum atomic E-state index is 0.705. The molecule has 3 aromatic carbocycles. The molecular formula is C28H34ClN3. The van der Waals surface area contributed by atoms with Crippen LogP contribution in [0.3, 0.4) is 0 Å². The van der Waals surface area contributed by atoms with E-state index >= 15 is 0 Å². The number of hydrogen-bond acceptors (Lipinski definition) is 3. The van der Waals surface area contributed by atoms with Crippen molar-refractivity contribution in [2.24, 2.45) is 4.99 Å². The van der Waals surface area contributed by atoms with Gasteiger partial charge >= 0.3 is 0 Å². The summed E-state index contributed by atoms with van der Waals surface area (Å²) < 4.78 is 0. The van der Waals surface area contributed by atoms with Crippen molar-refractivity contribution in [3.8, 4) is 0 Å². The van der Waals surface area contributed by atoms with Crippen LogP contribution in [0.5, 0.6) is 0 Å². The van der Waals surface area contributed by atoms with Gasteiger partial charge in [0.1, 0.15) is 0 Å². The van der Waals surface area contributed by atoms with E-state index in [1.165, 1.54) is 37.1 Å². The number of aliphatic imine (C=N–C) groups is 1. The lowest BCUT2D eigenvalue weighted by molar-refractivity contribution is 0.633. The highest BCUT2D eigenvalue weighted by atomic mass is 35.5. The maximum atomic E-state index is 6.21. The zero-order valence-corrected chi connectivity index (χ0v) is 20.2. The van der Waals surface area contributed by atoms with Crippen molar-refractivity contribution >= 4 is 34.4 Å². The zero-order chi connectivity index (χ0) is 22.8. The molecule has 0 amide bonds. The van der Waals surface area contributed by atoms with Gasteiger partial charge in [0, 0.05) is 22.8 Å². The van der Waals surface area contributed by atoms with Crippen LogP contribution < -0.4 is 10.2 Å². The fraction of sp³-hybridized carbons (Fsp3) is 0.321. The SMILES string of the molecule is CC1=Nc2cc(Cl)ccc2N(Cc2ccccc2)c2ccccc21.CCCCCNCC. The molecule has 1 aliphatic rings. The Morgan fingerprint density at radius 3 is 2.38 bits per heavy atom. The molecule has 4 rings (SSSR count). The third-order valence-electron chi connectivity index (χ3n) is 5.49. The third kappa shape index (κ3) is 6.44. The second-order valence-corrected chi connectivity index (χ2v) is 8.42. The number of anilines is 2. The molecule has 4 heteroatoms. The molecule has 0 aromatic heterocycles. The van der Waals surface area contributed by atoms with Gasteiger partial charge in [0.15, 0.2) is 0 Å². The highest BCUT2D eigenvalue weighted by Gasteiger charge is 2.21. The van der Waals surface area contributed by atoms with Crippen LogP contribution in [0.2, 0.25) is 5.02 Å². The lowest BCUT2D eigenvalue weighted by Gasteiger charge is -2.26. The summed E-state index contributed by atoms with van der Waals surface area (Å²) in [7, 11) is 0. The molecule has 168 valence electrons. The van der Waals surface area contributed by atoms with Crippen molar-refractivity contribution < 1.29 is 0 Å². The number of nitrogens with one attached hydrogen (secondary N) is 1. The predicted molar refractivity (Wildman–Crippen MR) is 140 cm³/mol. The summed E-state index contributed by atoms with van der Waals surface area (Å²) in [5.74, 6) is 0. The van der Waals surface area contributed by atoms with Crippen molar-refractivity contribution in [2.45, 2.75) is 46.6 Å². The smallest absolute Gasteiger partial charge is 0.0884 e. The second kappa shape index (κ2) is 12.4. The first kappa shape index (κ1) is 24.0. The molecule has 3 aromatic rings. The zero-order valence-electron chi connectivity index (χ0n) is 19.4. The molecule has 0 bridgehead atoms. The number of nitrogens with zero attached hydrogens (tertiary/aromatic N) is 2. The van der Waals surface area contributed by atoms with E-state index in [9.17, 15) is 0 Å². The molecular weight excluding hydrogens is 414 g/mol. The topological polar surface area (TPSA) is 27.6 Å². The van der Waals surface area contributed by atoms with Crippen molar-refractivity contribution in [1.82, 2.24) is 5.32 Å². The molecule has 0 saturated carbocycles. The van der Waals surface area contributed by atoms with Crippen LogP contribution in [0.4, 0.5) is 17.1 Å². The van der Waals surface area contributed by atoms with Crippen molar-refractivity contribution in [3.63, 3.8) is 0 Å². The lowest BCUT2D eigenvalue weighted by atomic mass is 10.1. The Hall–Kier alpha value is -2.62. The summed E-state index contributed by atoms with van der Waals surface area (Å²) >= 11 is 6.21. The summed E-state index contributed by atoms with van der Waals surface area (Å²) in [6.07, 6.45) is 4.03. The van der Waals surface area contributed by atoms with Gasteiger partial charge in [0.05, 0.1) is 17.1 Å². The fourth-order valence-corrected chi connectivity index (χ4v) is 3.98. The van der Waals surface area contributed by atoms with E-state index in [0.717, 1.165) is 35.7 Å². The average molecular weight is 448 g/mol. The van der Waals surface area contributed by atoms with Crippen molar-refractivity contribution in [1.29, 1.82) is 0 Å². The standard InChI is InChI=1S/C21H17ClN2.C7H17N/c1-15-18-9-5-6-10-20(18)24(14-16-7-3-2-4-8-16)21-12-11-17(22)13-19(21)23-15;1-3-5-6-7-8-4-2/h2-13H,14H2,1H3;8H,3-7H2,1-2H3. The highest BCUT2D eigenvalue weighted by Crippen LogP contribution is 2.41. The summed E-state index contributed by atoms with van der Waals surface area (Å²) in [4.78, 5) is 7.14. The fourth-order valence-electron chi connectivity index (χ4n) is 3.81. The van der Waals surface area contributed by atoms with E-state index in [0.29, 0.717) is 5.02 Å². The van der Waals surface area contributed by atoms with Gasteiger partial charge in [-0.25, -0.2) is 0 Å². The van der Waals surface area contributed by atoms with Gasteiger partial charge in [0.2, 0.25) is 0 Å². The van der Waals surface area contributed by atoms with E-state index < -0.39 is 0 Å². The molecule has 1 N–H and O–H groups in total. The van der Waals surface area contributed by atoms with Gasteiger partial charge in [-0.3, -0.25) is 4.99 Å². The van der Waals surface area contributed by atoms with Crippen LogP contribution in [-0.2, 0) is 6.54 Å². The summed E-state index contributed by atoms with van der Waals surface area (Å²) in [6.45, 7) is 9.52. The number of hydrogen-bond donors (Lipinski definition) is 1. The van der Waals surface area contributed by atoms with Crippen LogP contribution in [0.15, 0.2) is 77.8 Å². The van der Waals surface area contributed by atoms with Gasteiger partial charge in [-0.2, -0.15) is 0 Å². The quantitative estimate of drug-likeness (QED) is 0.372. The van der Waals surface area contributed by atoms with Crippen LogP contribution >= 0.6 is 11.6 Å². The molecule has 0 unspecified atom stereocenters. The predicted octanol–water partition coefficient (Wildman–Crippen LogP) is 7.92. The van der Waals surface area contributed by atoms with Crippen LogP contribution in [0.1, 0.15) is 51.2 Å². The van der Waals surface area contributed by atoms with E-state index in [2.05, 4.69) is 85.6 Å². The molecule has 0 radical (unpaired) electrons. The summed E-state index contributed by atoms with van der Waals surface area (Å²) in [6, 6.07) is 24.8. The highest BCUT2D eigenvalue weighted by molar-refractivity contribution is 6.31. The van der Waals surface area contributed by atoms with Crippen LogP contribution in [0, 0.1) is 0 Å². The molecule has 0 atom stereocenters. The Morgan fingerprint density at radius 1 is 0.875 bits per heavy atom. The number of fused-ring (bicyclic) bond motifs is 2. The molecule has 3 nitrogen and oxygen atoms in total. The van der Waals surface area contributed by atoms with E-state index in [-0.39, 0.29) is 0 Å². The largest absolute Gasteiger partial charge is 0.335 e. The Bertz CT molecular complexity index is 1010. The molecule has 1 aliphatic heterocycles. The number of unbranched alkanes of at least 4 members (excludes halogenated alkanes) is 2. The Kier molecular flexibility index (Phi) is 9.33. The number of rotatable bonds is 7. The number of para-hydroxylation sites is 1. The first-order valence-electron chi connectivity index (χ1n) is 11.6. The van der Waals surface area contributed by atoms with Crippen molar-refractivity contribution in [2.75, 3.05) is 18.0 Å². The Balaban J connectivity index is 0.000000312. The Labute approximate surface area is 198 Å². The molecule has 0 aliphatic carbocycles. The monoisotopic (exact) mass is 447 g/mol. The maximum absolute atomic E-state index is 6.21. The average Bonchev–Trinajstić information content (AvgIpc) is 2.92. The second-order valence-electron chi connectivity index (χ2n) is 7.98. The minimum absolute atomic E-state index is 0.705. The van der Waals surface area contributed by atoms with Crippen LogP contribution in [-0.4, -0.2) is 18.8 Å². The minimum Gasteiger partial charge on any atom is -0.335 e. The number of benzene rings is 3. The van der Waals surface area contributed by atoms with E-state index in [4.69, 9.17) is 16.6 Å². The number of halogens is 1. The molecule has 32 heavy (non-hydrogen) atoms. The molecule has 0 spiro atoms. The van der Waals surface area contributed by atoms with Crippen molar-refractivity contribution in [3.05, 3.63) is 88.9 Å². The lowest BCUT2D eigenvalue weighted by Crippen LogP contribution is -2.17. The van der Waals surface area contributed by atoms with E-state index in [1.807, 2.05) is 18.2 Å². The van der Waals surface area contributed by atoms with Crippen LogP contribution in [0.25, 0.3) is 0 Å². The molecule has 0 fully saturated rings. The molecule has 0 saturated heterocycles. The first-order chi connectivity index (χ1) is 15.6. The maximum Gasteiger partial charge on any atom is 0.0884 e. The summed E-state index contributed by atoms with van der Waals surface area (Å²) in [5.41, 5.74) is 6.57. The first-order valence-corrected chi connectivity index (χ1v) is 12.0. The van der Waals surface area contributed by atoms with E-state index in [1.54, 1.807) is 0 Å². The normalized spacial score (nSPS) is 12.1.